The van der Waals surface area contributed by atoms with Crippen LogP contribution < -0.4 is 15.4 Å². The molecule has 0 bridgehead atoms. The summed E-state index contributed by atoms with van der Waals surface area (Å²) in [6.07, 6.45) is -5.04. The van der Waals surface area contributed by atoms with Crippen molar-refractivity contribution in [3.63, 3.8) is 0 Å². The van der Waals surface area contributed by atoms with E-state index in [4.69, 9.17) is 19.4 Å². The minimum Gasteiger partial charge on any atom is -0.462 e. The highest BCUT2D eigenvalue weighted by atomic mass is 16.7. The van der Waals surface area contributed by atoms with Gasteiger partial charge < -0.3 is 35.4 Å². The van der Waals surface area contributed by atoms with Crippen LogP contribution >= 0.6 is 0 Å². The van der Waals surface area contributed by atoms with E-state index in [0.29, 0.717) is 23.1 Å². The molecular weight excluding hydrogens is 500 g/mol. The van der Waals surface area contributed by atoms with E-state index < -0.39 is 43.2 Å². The van der Waals surface area contributed by atoms with Gasteiger partial charge in [0.1, 0.15) is 35.9 Å². The molecule has 0 saturated carbocycles. The van der Waals surface area contributed by atoms with Crippen LogP contribution in [0.2, 0.25) is 0 Å². The van der Waals surface area contributed by atoms with Gasteiger partial charge in [-0.25, -0.2) is 9.97 Å². The second-order valence-electron chi connectivity index (χ2n) is 9.48. The van der Waals surface area contributed by atoms with E-state index in [0.717, 1.165) is 22.0 Å². The Balaban J connectivity index is 1.43. The molecule has 0 radical (unpaired) electrons. The van der Waals surface area contributed by atoms with Gasteiger partial charge in [0, 0.05) is 29.6 Å². The number of aryl methyl sites for hydroxylation is 1. The van der Waals surface area contributed by atoms with Crippen LogP contribution in [-0.2, 0) is 9.53 Å². The number of aliphatic hydroxyl groups is 3. The lowest BCUT2D eigenvalue weighted by molar-refractivity contribution is -0.244. The second-order valence-corrected chi connectivity index (χ2v) is 9.48. The topological polar surface area (TPSA) is 146 Å². The summed E-state index contributed by atoms with van der Waals surface area (Å²) in [5.74, 6) is 1.14. The Morgan fingerprint density at radius 2 is 1.77 bits per heavy atom. The number of aromatic nitrogens is 2. The quantitative estimate of drug-likeness (QED) is 0.243. The van der Waals surface area contributed by atoms with E-state index >= 15 is 0 Å². The highest BCUT2D eigenvalue weighted by Gasteiger charge is 2.46. The summed E-state index contributed by atoms with van der Waals surface area (Å²) in [6.45, 7) is 2.78. The van der Waals surface area contributed by atoms with E-state index in [2.05, 4.69) is 10.6 Å². The standard InChI is InChI=1S/C29H30N4O6/c1-16-10-12-18(13-11-16)27-32-22-9-4-3-8-21(22)28(33-27)31-19-6-5-7-20(14-19)38-29-24(30-17(2)35)26(37)25(36)23(15-34)39-29/h3-14,23-26,29,34,36-37H,15H2,1-2H3,(H,30,35)(H,31,32,33)/t23-,24-,25+,26-,29+/m1/s1. The van der Waals surface area contributed by atoms with Crippen LogP contribution in [0.5, 0.6) is 5.75 Å². The lowest BCUT2D eigenvalue weighted by atomic mass is 9.97. The molecule has 2 heterocycles. The molecule has 1 aromatic heterocycles. The molecule has 0 aliphatic carbocycles. The molecular formula is C29H30N4O6. The fourth-order valence-corrected chi connectivity index (χ4v) is 4.49. The van der Waals surface area contributed by atoms with E-state index in [1.807, 2.05) is 61.5 Å². The number of hydrogen-bond donors (Lipinski definition) is 5. The molecule has 10 nitrogen and oxygen atoms in total. The first kappa shape index (κ1) is 26.5. The number of fused-ring (bicyclic) bond motifs is 1. The fraction of sp³-hybridized carbons (Fsp3) is 0.276. The van der Waals surface area contributed by atoms with Crippen molar-refractivity contribution < 1.29 is 29.6 Å². The van der Waals surface area contributed by atoms with E-state index in [1.54, 1.807) is 18.2 Å². The number of para-hydroxylation sites is 1. The number of carbonyl (C=O) groups excluding carboxylic acids is 1. The summed E-state index contributed by atoms with van der Waals surface area (Å²) in [7, 11) is 0. The largest absolute Gasteiger partial charge is 0.462 e. The van der Waals surface area contributed by atoms with Crippen molar-refractivity contribution in [3.8, 4) is 17.1 Å². The number of carbonyl (C=O) groups is 1. The summed E-state index contributed by atoms with van der Waals surface area (Å²) in [5.41, 5.74) is 3.49. The third-order valence-corrected chi connectivity index (χ3v) is 6.51. The highest BCUT2D eigenvalue weighted by Crippen LogP contribution is 2.30. The first-order valence-electron chi connectivity index (χ1n) is 12.6. The van der Waals surface area contributed by atoms with Crippen molar-refractivity contribution in [3.05, 3.63) is 78.4 Å². The molecule has 1 amide bonds. The van der Waals surface area contributed by atoms with E-state index in [9.17, 15) is 20.1 Å². The number of aliphatic hydroxyl groups excluding tert-OH is 3. The number of hydrogen-bond acceptors (Lipinski definition) is 9. The van der Waals surface area contributed by atoms with Gasteiger partial charge >= 0.3 is 0 Å². The predicted molar refractivity (Wildman–Crippen MR) is 145 cm³/mol. The molecule has 0 unspecified atom stereocenters. The Morgan fingerprint density at radius 3 is 2.51 bits per heavy atom. The minimum absolute atomic E-state index is 0.373. The van der Waals surface area contributed by atoms with Crippen LogP contribution in [0, 0.1) is 6.92 Å². The van der Waals surface area contributed by atoms with Crippen LogP contribution in [0.15, 0.2) is 72.8 Å². The summed E-state index contributed by atoms with van der Waals surface area (Å²) in [6, 6.07) is 21.7. The molecule has 0 spiro atoms. The Kier molecular flexibility index (Phi) is 7.71. The molecule has 4 aromatic rings. The number of amides is 1. The van der Waals surface area contributed by atoms with Crippen molar-refractivity contribution in [1.29, 1.82) is 0 Å². The lowest BCUT2D eigenvalue weighted by Crippen LogP contribution is -2.65. The van der Waals surface area contributed by atoms with Gasteiger partial charge in [0.15, 0.2) is 5.82 Å². The molecule has 1 fully saturated rings. The molecule has 5 N–H and O–H groups in total. The van der Waals surface area contributed by atoms with Crippen LogP contribution in [0.25, 0.3) is 22.3 Å². The first-order chi connectivity index (χ1) is 18.8. The molecule has 1 aliphatic rings. The van der Waals surface area contributed by atoms with Crippen molar-refractivity contribution >= 4 is 28.3 Å². The van der Waals surface area contributed by atoms with Crippen molar-refractivity contribution in [2.45, 2.75) is 44.5 Å². The molecule has 3 aromatic carbocycles. The summed E-state index contributed by atoms with van der Waals surface area (Å²) >= 11 is 0. The third kappa shape index (κ3) is 5.84. The van der Waals surface area contributed by atoms with Gasteiger partial charge in [0.2, 0.25) is 12.2 Å². The van der Waals surface area contributed by atoms with Gasteiger partial charge in [-0.05, 0) is 31.2 Å². The zero-order chi connectivity index (χ0) is 27.5. The molecule has 1 aliphatic heterocycles. The van der Waals surface area contributed by atoms with Gasteiger partial charge in [0.05, 0.1) is 12.1 Å². The number of nitrogens with one attached hydrogen (secondary N) is 2. The van der Waals surface area contributed by atoms with Crippen LogP contribution in [0.1, 0.15) is 12.5 Å². The maximum atomic E-state index is 11.7. The molecule has 39 heavy (non-hydrogen) atoms. The molecule has 5 atom stereocenters. The Labute approximate surface area is 225 Å². The first-order valence-corrected chi connectivity index (χ1v) is 12.6. The van der Waals surface area contributed by atoms with E-state index in [1.165, 1.54) is 6.92 Å². The zero-order valence-electron chi connectivity index (χ0n) is 21.5. The molecule has 202 valence electrons. The summed E-state index contributed by atoms with van der Waals surface area (Å²) in [5, 5.41) is 37.2. The zero-order valence-corrected chi connectivity index (χ0v) is 21.5. The number of benzene rings is 3. The fourth-order valence-electron chi connectivity index (χ4n) is 4.49. The van der Waals surface area contributed by atoms with Gasteiger partial charge in [-0.1, -0.05) is 48.0 Å². The third-order valence-electron chi connectivity index (χ3n) is 6.51. The maximum Gasteiger partial charge on any atom is 0.223 e. The summed E-state index contributed by atoms with van der Waals surface area (Å²) in [4.78, 5) is 21.3. The van der Waals surface area contributed by atoms with E-state index in [-0.39, 0.29) is 0 Å². The predicted octanol–water partition coefficient (Wildman–Crippen LogP) is 2.67. The lowest BCUT2D eigenvalue weighted by Gasteiger charge is -2.42. The van der Waals surface area contributed by atoms with Crippen molar-refractivity contribution in [2.24, 2.45) is 0 Å². The average molecular weight is 531 g/mol. The van der Waals surface area contributed by atoms with Crippen molar-refractivity contribution in [1.82, 2.24) is 15.3 Å². The monoisotopic (exact) mass is 530 g/mol. The number of ether oxygens (including phenoxy) is 2. The van der Waals surface area contributed by atoms with Gasteiger partial charge in [-0.3, -0.25) is 4.79 Å². The van der Waals surface area contributed by atoms with Gasteiger partial charge in [0.25, 0.3) is 0 Å². The van der Waals surface area contributed by atoms with Crippen LogP contribution in [-0.4, -0.2) is 68.4 Å². The van der Waals surface area contributed by atoms with Crippen molar-refractivity contribution in [2.75, 3.05) is 11.9 Å². The average Bonchev–Trinajstić information content (AvgIpc) is 2.93. The number of rotatable bonds is 7. The minimum atomic E-state index is -1.40. The highest BCUT2D eigenvalue weighted by molar-refractivity contribution is 5.92. The Bertz CT molecular complexity index is 1460. The van der Waals surface area contributed by atoms with Crippen LogP contribution in [0.3, 0.4) is 0 Å². The summed E-state index contributed by atoms with van der Waals surface area (Å²) < 4.78 is 11.7. The molecule has 1 saturated heterocycles. The number of anilines is 2. The van der Waals surface area contributed by atoms with Crippen LogP contribution in [0.4, 0.5) is 11.5 Å². The maximum absolute atomic E-state index is 11.7. The smallest absolute Gasteiger partial charge is 0.223 e. The Hall–Kier alpha value is -4.09. The van der Waals surface area contributed by atoms with Gasteiger partial charge in [-0.15, -0.1) is 0 Å². The normalized spacial score (nSPS) is 22.8. The molecule has 10 heteroatoms. The SMILES string of the molecule is CC(=O)N[C@H]1[C@@H](Oc2cccc(Nc3nc(-c4ccc(C)cc4)nc4ccccc34)c2)O[C@H](CO)[C@H](O)[C@@H]1O. The number of nitrogens with zero attached hydrogens (tertiary/aromatic N) is 2. The second kappa shape index (κ2) is 11.3. The molecule has 5 rings (SSSR count). The van der Waals surface area contributed by atoms with Gasteiger partial charge in [-0.2, -0.15) is 0 Å². The Morgan fingerprint density at radius 1 is 1.00 bits per heavy atom.